The SMILES string of the molecule is COc1cc(OC2C(C)(C)C(NC(=O)c3ccc(N4CCC(CO)CC4)nn3)C2(C)C)ccc1C#N. The molecule has 2 heterocycles. The average Bonchev–Trinajstić information content (AvgIpc) is 2.89. The highest BCUT2D eigenvalue weighted by Crippen LogP contribution is 2.55. The molecule has 9 nitrogen and oxygen atoms in total. The number of nitriles is 1. The summed E-state index contributed by atoms with van der Waals surface area (Å²) in [6, 6.07) is 10.7. The van der Waals surface area contributed by atoms with Crippen molar-refractivity contribution in [1.82, 2.24) is 15.5 Å². The fraction of sp³-hybridized carbons (Fsp3) is 0.556. The second-order valence-electron chi connectivity index (χ2n) is 10.9. The van der Waals surface area contributed by atoms with Crippen LogP contribution in [0.5, 0.6) is 11.5 Å². The van der Waals surface area contributed by atoms with E-state index in [4.69, 9.17) is 9.47 Å². The molecule has 2 aromatic rings. The molecule has 1 saturated carbocycles. The summed E-state index contributed by atoms with van der Waals surface area (Å²) in [4.78, 5) is 15.2. The number of methoxy groups -OCH3 is 1. The highest BCUT2D eigenvalue weighted by Gasteiger charge is 2.64. The standard InChI is InChI=1S/C27H35N5O4/c1-26(2)24(27(3,4)25(26)36-19-7-6-18(15-28)21(14-19)35-5)29-23(34)20-8-9-22(31-30-20)32-12-10-17(16-33)11-13-32/h6-9,14,17,24-25,33H,10-13,16H2,1-5H3,(H,29,34). The molecule has 192 valence electrons. The molecule has 1 aromatic carbocycles. The number of anilines is 1. The number of rotatable bonds is 7. The molecule has 2 aliphatic rings. The summed E-state index contributed by atoms with van der Waals surface area (Å²) in [5.41, 5.74) is 0.00998. The van der Waals surface area contributed by atoms with Gasteiger partial charge in [0.25, 0.3) is 5.91 Å². The smallest absolute Gasteiger partial charge is 0.272 e. The predicted octanol–water partition coefficient (Wildman–Crippen LogP) is 3.18. The molecule has 0 atom stereocenters. The number of ether oxygens (including phenoxy) is 2. The molecule has 1 aliphatic heterocycles. The zero-order valence-electron chi connectivity index (χ0n) is 21.6. The van der Waals surface area contributed by atoms with Crippen molar-refractivity contribution in [1.29, 1.82) is 5.26 Å². The first kappa shape index (κ1) is 25.7. The molecule has 0 bridgehead atoms. The lowest BCUT2D eigenvalue weighted by molar-refractivity contribution is -0.164. The first-order valence-corrected chi connectivity index (χ1v) is 12.4. The third-order valence-electron chi connectivity index (χ3n) is 7.74. The molecule has 9 heteroatoms. The lowest BCUT2D eigenvalue weighted by Gasteiger charge is -2.63. The zero-order chi connectivity index (χ0) is 26.1. The van der Waals surface area contributed by atoms with Gasteiger partial charge < -0.3 is 24.8 Å². The molecular weight excluding hydrogens is 458 g/mol. The molecule has 0 unspecified atom stereocenters. The van der Waals surface area contributed by atoms with Crippen molar-refractivity contribution in [3.05, 3.63) is 41.6 Å². The highest BCUT2D eigenvalue weighted by molar-refractivity contribution is 5.92. The quantitative estimate of drug-likeness (QED) is 0.603. The van der Waals surface area contributed by atoms with Gasteiger partial charge in [0.05, 0.1) is 12.7 Å². The van der Waals surface area contributed by atoms with Gasteiger partial charge in [0.2, 0.25) is 0 Å². The maximum absolute atomic E-state index is 13.1. The zero-order valence-corrected chi connectivity index (χ0v) is 21.6. The molecule has 0 radical (unpaired) electrons. The summed E-state index contributed by atoms with van der Waals surface area (Å²) in [5.74, 6) is 1.91. The predicted molar refractivity (Wildman–Crippen MR) is 135 cm³/mol. The van der Waals surface area contributed by atoms with E-state index in [9.17, 15) is 15.2 Å². The van der Waals surface area contributed by atoms with Gasteiger partial charge in [-0.25, -0.2) is 0 Å². The van der Waals surface area contributed by atoms with E-state index in [1.54, 1.807) is 24.3 Å². The molecule has 1 aromatic heterocycles. The van der Waals surface area contributed by atoms with E-state index in [1.165, 1.54) is 7.11 Å². The number of amides is 1. The number of aliphatic hydroxyl groups is 1. The lowest BCUT2D eigenvalue weighted by atomic mass is 9.49. The van der Waals surface area contributed by atoms with Crippen LogP contribution in [0, 0.1) is 28.1 Å². The Morgan fingerprint density at radius 2 is 1.86 bits per heavy atom. The van der Waals surface area contributed by atoms with Crippen LogP contribution in [0.3, 0.4) is 0 Å². The number of benzene rings is 1. The van der Waals surface area contributed by atoms with E-state index in [1.807, 2.05) is 6.07 Å². The van der Waals surface area contributed by atoms with Crippen molar-refractivity contribution in [3.63, 3.8) is 0 Å². The number of aliphatic hydroxyl groups excluding tert-OH is 1. The molecule has 0 spiro atoms. The van der Waals surface area contributed by atoms with Crippen LogP contribution in [0.25, 0.3) is 0 Å². The van der Waals surface area contributed by atoms with Crippen molar-refractivity contribution in [2.75, 3.05) is 31.7 Å². The van der Waals surface area contributed by atoms with E-state index in [0.717, 1.165) is 31.7 Å². The van der Waals surface area contributed by atoms with E-state index < -0.39 is 0 Å². The Kier molecular flexibility index (Phi) is 7.10. The van der Waals surface area contributed by atoms with Gasteiger partial charge in [-0.3, -0.25) is 4.79 Å². The molecule has 1 amide bonds. The van der Waals surface area contributed by atoms with Gasteiger partial charge in [-0.05, 0) is 43.0 Å². The van der Waals surface area contributed by atoms with Crippen molar-refractivity contribution >= 4 is 11.7 Å². The minimum absolute atomic E-state index is 0.151. The van der Waals surface area contributed by atoms with Gasteiger partial charge in [0, 0.05) is 42.6 Å². The molecule has 4 rings (SSSR count). The molecule has 2 fully saturated rings. The second-order valence-corrected chi connectivity index (χ2v) is 10.9. The average molecular weight is 494 g/mol. The Morgan fingerprint density at radius 3 is 2.42 bits per heavy atom. The monoisotopic (exact) mass is 493 g/mol. The minimum Gasteiger partial charge on any atom is -0.495 e. The fourth-order valence-corrected chi connectivity index (χ4v) is 5.94. The third kappa shape index (κ3) is 4.70. The number of nitrogens with zero attached hydrogens (tertiary/aromatic N) is 4. The van der Waals surface area contributed by atoms with E-state index in [0.29, 0.717) is 23.0 Å². The van der Waals surface area contributed by atoms with Crippen LogP contribution < -0.4 is 19.7 Å². The van der Waals surface area contributed by atoms with E-state index in [-0.39, 0.29) is 41.2 Å². The number of nitrogens with one attached hydrogen (secondary N) is 1. The minimum atomic E-state index is -0.356. The number of carbonyl (C=O) groups is 1. The molecule has 36 heavy (non-hydrogen) atoms. The summed E-state index contributed by atoms with van der Waals surface area (Å²) >= 11 is 0. The molecular formula is C27H35N5O4. The number of carbonyl (C=O) groups excluding carboxylic acids is 1. The van der Waals surface area contributed by atoms with Crippen LogP contribution in [0.4, 0.5) is 5.82 Å². The Hall–Kier alpha value is -3.38. The number of aromatic nitrogens is 2. The lowest BCUT2D eigenvalue weighted by Crippen LogP contribution is -2.74. The summed E-state index contributed by atoms with van der Waals surface area (Å²) in [5, 5.41) is 30.2. The van der Waals surface area contributed by atoms with E-state index >= 15 is 0 Å². The Morgan fingerprint density at radius 1 is 1.17 bits per heavy atom. The second kappa shape index (κ2) is 9.94. The van der Waals surface area contributed by atoms with Crippen LogP contribution >= 0.6 is 0 Å². The first-order valence-electron chi connectivity index (χ1n) is 12.4. The van der Waals surface area contributed by atoms with Crippen LogP contribution in [0.1, 0.15) is 56.6 Å². The Bertz CT molecular complexity index is 1120. The van der Waals surface area contributed by atoms with Crippen molar-refractivity contribution < 1.29 is 19.4 Å². The van der Waals surface area contributed by atoms with Gasteiger partial charge in [0.1, 0.15) is 23.7 Å². The maximum atomic E-state index is 13.1. The topological polar surface area (TPSA) is 121 Å². The summed E-state index contributed by atoms with van der Waals surface area (Å²) in [6.45, 7) is 10.1. The van der Waals surface area contributed by atoms with Crippen molar-refractivity contribution in [3.8, 4) is 17.6 Å². The summed E-state index contributed by atoms with van der Waals surface area (Å²) < 4.78 is 11.7. The number of hydrogen-bond acceptors (Lipinski definition) is 8. The first-order chi connectivity index (χ1) is 17.1. The van der Waals surface area contributed by atoms with Gasteiger partial charge in [-0.15, -0.1) is 10.2 Å². The van der Waals surface area contributed by atoms with Gasteiger partial charge in [-0.2, -0.15) is 5.26 Å². The number of piperidine rings is 1. The van der Waals surface area contributed by atoms with Crippen LogP contribution in [-0.2, 0) is 0 Å². The Labute approximate surface area is 212 Å². The molecule has 1 aliphatic carbocycles. The van der Waals surface area contributed by atoms with Gasteiger partial charge in [0.15, 0.2) is 11.5 Å². The van der Waals surface area contributed by atoms with Gasteiger partial charge >= 0.3 is 0 Å². The van der Waals surface area contributed by atoms with Crippen LogP contribution in [0.2, 0.25) is 0 Å². The normalized spacial score (nSPS) is 22.8. The maximum Gasteiger partial charge on any atom is 0.272 e. The Balaban J connectivity index is 1.41. The van der Waals surface area contributed by atoms with Crippen molar-refractivity contribution in [2.45, 2.75) is 52.7 Å². The van der Waals surface area contributed by atoms with Crippen LogP contribution in [0.15, 0.2) is 30.3 Å². The summed E-state index contributed by atoms with van der Waals surface area (Å²) in [7, 11) is 1.53. The summed E-state index contributed by atoms with van der Waals surface area (Å²) in [6.07, 6.45) is 1.67. The van der Waals surface area contributed by atoms with Gasteiger partial charge in [-0.1, -0.05) is 27.7 Å². The van der Waals surface area contributed by atoms with Crippen LogP contribution in [-0.4, -0.2) is 60.2 Å². The fourth-order valence-electron chi connectivity index (χ4n) is 5.94. The van der Waals surface area contributed by atoms with E-state index in [2.05, 4.69) is 54.2 Å². The molecule has 1 saturated heterocycles. The number of hydrogen-bond donors (Lipinski definition) is 2. The molecule has 2 N–H and O–H groups in total. The largest absolute Gasteiger partial charge is 0.495 e. The van der Waals surface area contributed by atoms with Crippen molar-refractivity contribution in [2.24, 2.45) is 16.7 Å². The third-order valence-corrected chi connectivity index (χ3v) is 7.74. The highest BCUT2D eigenvalue weighted by atomic mass is 16.5.